The molecule has 0 spiro atoms. The summed E-state index contributed by atoms with van der Waals surface area (Å²) in [5, 5.41) is 10.1. The standard InChI is InChI=1S/C15H23NO2/c16-14-10-6-5-9-13(14)15(17)11-18-12-7-3-1-2-4-8-12/h5-6,9-10,12,15,17H,1-4,7-8,11,16H2. The highest BCUT2D eigenvalue weighted by Gasteiger charge is 2.16. The number of nitrogen functional groups attached to an aromatic ring is 1. The highest BCUT2D eigenvalue weighted by molar-refractivity contribution is 5.47. The van der Waals surface area contributed by atoms with Crippen molar-refractivity contribution >= 4 is 5.69 Å². The zero-order chi connectivity index (χ0) is 12.8. The van der Waals surface area contributed by atoms with E-state index in [1.165, 1.54) is 25.7 Å². The molecule has 1 fully saturated rings. The van der Waals surface area contributed by atoms with E-state index in [4.69, 9.17) is 10.5 Å². The molecule has 1 atom stereocenters. The van der Waals surface area contributed by atoms with Crippen molar-refractivity contribution in [3.63, 3.8) is 0 Å². The first-order valence-electron chi connectivity index (χ1n) is 6.91. The maximum absolute atomic E-state index is 10.1. The average molecular weight is 249 g/mol. The molecule has 0 bridgehead atoms. The SMILES string of the molecule is Nc1ccccc1C(O)COC1CCCCCC1. The van der Waals surface area contributed by atoms with Gasteiger partial charge in [0.25, 0.3) is 0 Å². The van der Waals surface area contributed by atoms with Crippen LogP contribution in [-0.4, -0.2) is 17.8 Å². The molecule has 1 aliphatic rings. The van der Waals surface area contributed by atoms with Gasteiger partial charge in [-0.15, -0.1) is 0 Å². The van der Waals surface area contributed by atoms with Crippen LogP contribution in [0.1, 0.15) is 50.2 Å². The second-order valence-corrected chi connectivity index (χ2v) is 5.09. The molecule has 2 rings (SSSR count). The van der Waals surface area contributed by atoms with Crippen molar-refractivity contribution < 1.29 is 9.84 Å². The zero-order valence-corrected chi connectivity index (χ0v) is 10.8. The Balaban J connectivity index is 1.84. The molecule has 1 aliphatic carbocycles. The van der Waals surface area contributed by atoms with Crippen LogP contribution in [0.15, 0.2) is 24.3 Å². The van der Waals surface area contributed by atoms with Gasteiger partial charge in [0.1, 0.15) is 6.10 Å². The molecule has 0 saturated heterocycles. The Hall–Kier alpha value is -1.06. The molecule has 3 N–H and O–H groups in total. The number of hydrogen-bond acceptors (Lipinski definition) is 3. The number of anilines is 1. The van der Waals surface area contributed by atoms with Crippen molar-refractivity contribution in [1.82, 2.24) is 0 Å². The lowest BCUT2D eigenvalue weighted by atomic mass is 10.1. The van der Waals surface area contributed by atoms with Crippen LogP contribution < -0.4 is 5.73 Å². The van der Waals surface area contributed by atoms with E-state index in [1.54, 1.807) is 0 Å². The highest BCUT2D eigenvalue weighted by atomic mass is 16.5. The van der Waals surface area contributed by atoms with E-state index < -0.39 is 6.10 Å². The van der Waals surface area contributed by atoms with Gasteiger partial charge in [-0.25, -0.2) is 0 Å². The van der Waals surface area contributed by atoms with Crippen molar-refractivity contribution in [1.29, 1.82) is 0 Å². The molecular formula is C15H23NO2. The second-order valence-electron chi connectivity index (χ2n) is 5.09. The molecule has 100 valence electrons. The summed E-state index contributed by atoms with van der Waals surface area (Å²) in [4.78, 5) is 0. The fraction of sp³-hybridized carbons (Fsp3) is 0.600. The Bertz CT molecular complexity index is 359. The molecule has 0 amide bonds. The first-order chi connectivity index (χ1) is 8.77. The summed E-state index contributed by atoms with van der Waals surface area (Å²) in [7, 11) is 0. The van der Waals surface area contributed by atoms with Crippen LogP contribution >= 0.6 is 0 Å². The maximum Gasteiger partial charge on any atom is 0.104 e. The molecule has 0 radical (unpaired) electrons. The van der Waals surface area contributed by atoms with Crippen molar-refractivity contribution in [3.8, 4) is 0 Å². The van der Waals surface area contributed by atoms with Gasteiger partial charge in [0, 0.05) is 11.3 Å². The molecule has 0 aliphatic heterocycles. The molecule has 3 nitrogen and oxygen atoms in total. The van der Waals surface area contributed by atoms with E-state index in [0.717, 1.165) is 18.4 Å². The van der Waals surface area contributed by atoms with E-state index in [0.29, 0.717) is 18.4 Å². The molecule has 1 aromatic rings. The van der Waals surface area contributed by atoms with Crippen molar-refractivity contribution in [2.24, 2.45) is 0 Å². The first kappa shape index (κ1) is 13.4. The molecule has 3 heteroatoms. The van der Waals surface area contributed by atoms with Gasteiger partial charge in [-0.05, 0) is 18.9 Å². The predicted molar refractivity (Wildman–Crippen MR) is 73.3 cm³/mol. The fourth-order valence-electron chi connectivity index (χ4n) is 2.54. The number of benzene rings is 1. The van der Waals surface area contributed by atoms with E-state index in [-0.39, 0.29) is 0 Å². The highest BCUT2D eigenvalue weighted by Crippen LogP contribution is 2.24. The number of para-hydroxylation sites is 1. The summed E-state index contributed by atoms with van der Waals surface area (Å²) in [5.41, 5.74) is 7.24. The minimum absolute atomic E-state index is 0.312. The van der Waals surface area contributed by atoms with Crippen LogP contribution in [0.5, 0.6) is 0 Å². The largest absolute Gasteiger partial charge is 0.398 e. The molecule has 0 heterocycles. The van der Waals surface area contributed by atoms with E-state index in [9.17, 15) is 5.11 Å². The lowest BCUT2D eigenvalue weighted by Crippen LogP contribution is -2.17. The van der Waals surface area contributed by atoms with E-state index >= 15 is 0 Å². The number of rotatable bonds is 4. The second kappa shape index (κ2) is 6.76. The van der Waals surface area contributed by atoms with Crippen LogP contribution in [0.3, 0.4) is 0 Å². The smallest absolute Gasteiger partial charge is 0.104 e. The van der Waals surface area contributed by atoms with Gasteiger partial charge in [0.15, 0.2) is 0 Å². The third-order valence-electron chi connectivity index (χ3n) is 3.65. The molecule has 1 aromatic carbocycles. The number of ether oxygens (including phenoxy) is 1. The molecule has 1 unspecified atom stereocenters. The zero-order valence-electron chi connectivity index (χ0n) is 10.8. The minimum atomic E-state index is -0.616. The third kappa shape index (κ3) is 3.72. The van der Waals surface area contributed by atoms with Gasteiger partial charge < -0.3 is 15.6 Å². The number of aliphatic hydroxyl groups excluding tert-OH is 1. The van der Waals surface area contributed by atoms with Gasteiger partial charge in [-0.2, -0.15) is 0 Å². The average Bonchev–Trinajstić information content (AvgIpc) is 2.65. The van der Waals surface area contributed by atoms with Gasteiger partial charge >= 0.3 is 0 Å². The summed E-state index contributed by atoms with van der Waals surface area (Å²) in [5.74, 6) is 0. The minimum Gasteiger partial charge on any atom is -0.398 e. The van der Waals surface area contributed by atoms with Crippen molar-refractivity contribution in [2.45, 2.75) is 50.7 Å². The van der Waals surface area contributed by atoms with Crippen molar-refractivity contribution in [3.05, 3.63) is 29.8 Å². The monoisotopic (exact) mass is 249 g/mol. The Kier molecular flexibility index (Phi) is 5.02. The quantitative estimate of drug-likeness (QED) is 0.637. The number of nitrogens with two attached hydrogens (primary N) is 1. The lowest BCUT2D eigenvalue weighted by molar-refractivity contribution is -0.0157. The molecule has 1 saturated carbocycles. The first-order valence-corrected chi connectivity index (χ1v) is 6.91. The Morgan fingerprint density at radius 3 is 2.50 bits per heavy atom. The van der Waals surface area contributed by atoms with E-state index in [1.807, 2.05) is 24.3 Å². The Morgan fingerprint density at radius 2 is 1.83 bits per heavy atom. The molecule has 18 heavy (non-hydrogen) atoms. The van der Waals surface area contributed by atoms with E-state index in [2.05, 4.69) is 0 Å². The summed E-state index contributed by atoms with van der Waals surface area (Å²) in [6, 6.07) is 7.43. The topological polar surface area (TPSA) is 55.5 Å². The van der Waals surface area contributed by atoms with Crippen LogP contribution in [0.25, 0.3) is 0 Å². The predicted octanol–water partition coefficient (Wildman–Crippen LogP) is 3.04. The summed E-state index contributed by atoms with van der Waals surface area (Å²) in [6.45, 7) is 0.346. The Morgan fingerprint density at radius 1 is 1.17 bits per heavy atom. The van der Waals surface area contributed by atoms with Gasteiger partial charge in [0.2, 0.25) is 0 Å². The lowest BCUT2D eigenvalue weighted by Gasteiger charge is -2.19. The third-order valence-corrected chi connectivity index (χ3v) is 3.65. The Labute approximate surface area is 109 Å². The maximum atomic E-state index is 10.1. The summed E-state index contributed by atoms with van der Waals surface area (Å²) < 4.78 is 5.83. The number of aliphatic hydroxyl groups is 1. The van der Waals surface area contributed by atoms with Crippen LogP contribution in [0.4, 0.5) is 5.69 Å². The normalized spacial score (nSPS) is 19.4. The fourth-order valence-corrected chi connectivity index (χ4v) is 2.54. The molecule has 0 aromatic heterocycles. The van der Waals surface area contributed by atoms with Crippen LogP contribution in [0.2, 0.25) is 0 Å². The van der Waals surface area contributed by atoms with Crippen LogP contribution in [0, 0.1) is 0 Å². The van der Waals surface area contributed by atoms with Gasteiger partial charge in [-0.1, -0.05) is 43.9 Å². The van der Waals surface area contributed by atoms with Crippen LogP contribution in [-0.2, 0) is 4.74 Å². The number of hydrogen-bond donors (Lipinski definition) is 2. The molecular weight excluding hydrogens is 226 g/mol. The summed E-state index contributed by atoms with van der Waals surface area (Å²) >= 11 is 0. The van der Waals surface area contributed by atoms with Gasteiger partial charge in [-0.3, -0.25) is 0 Å². The van der Waals surface area contributed by atoms with Crippen molar-refractivity contribution in [2.75, 3.05) is 12.3 Å². The summed E-state index contributed by atoms with van der Waals surface area (Å²) in [6.07, 6.45) is 7.06. The van der Waals surface area contributed by atoms with Gasteiger partial charge in [0.05, 0.1) is 12.7 Å².